The van der Waals surface area contributed by atoms with Crippen LogP contribution < -0.4 is 5.32 Å². The van der Waals surface area contributed by atoms with Crippen LogP contribution in [-0.4, -0.2) is 16.8 Å². The molecule has 0 bridgehead atoms. The van der Waals surface area contributed by atoms with E-state index in [0.717, 1.165) is 19.4 Å². The van der Waals surface area contributed by atoms with Crippen LogP contribution in [0.3, 0.4) is 0 Å². The molecule has 1 unspecified atom stereocenters. The molecule has 0 amide bonds. The maximum atomic E-state index is 4.84. The SMILES string of the molecule is CCCCCCn1nc(CC)c(C(C)NC)c1CC. The molecule has 1 aromatic rings. The minimum Gasteiger partial charge on any atom is -0.313 e. The first-order valence-corrected chi connectivity index (χ1v) is 7.95. The third-order valence-corrected chi connectivity index (χ3v) is 3.93. The topological polar surface area (TPSA) is 29.9 Å². The fourth-order valence-corrected chi connectivity index (χ4v) is 2.72. The molecule has 1 atom stereocenters. The molecule has 1 rings (SSSR count). The number of hydrogen-bond acceptors (Lipinski definition) is 2. The lowest BCUT2D eigenvalue weighted by Gasteiger charge is -2.13. The van der Waals surface area contributed by atoms with Crippen LogP contribution >= 0.6 is 0 Å². The van der Waals surface area contributed by atoms with Crippen molar-refractivity contribution in [2.75, 3.05) is 7.05 Å². The van der Waals surface area contributed by atoms with Gasteiger partial charge in [0.2, 0.25) is 0 Å². The summed E-state index contributed by atoms with van der Waals surface area (Å²) >= 11 is 0. The number of nitrogens with zero attached hydrogens (tertiary/aromatic N) is 2. The Balaban J connectivity index is 2.88. The molecule has 3 heteroatoms. The largest absolute Gasteiger partial charge is 0.313 e. The number of rotatable bonds is 9. The van der Waals surface area contributed by atoms with Gasteiger partial charge in [-0.15, -0.1) is 0 Å². The minimum absolute atomic E-state index is 0.397. The van der Waals surface area contributed by atoms with Crippen molar-refractivity contribution >= 4 is 0 Å². The monoisotopic (exact) mass is 265 g/mol. The van der Waals surface area contributed by atoms with Crippen molar-refractivity contribution in [3.63, 3.8) is 0 Å². The predicted octanol–water partition coefficient (Wildman–Crippen LogP) is 3.87. The van der Waals surface area contributed by atoms with Gasteiger partial charge < -0.3 is 5.32 Å². The van der Waals surface area contributed by atoms with E-state index in [0.29, 0.717) is 6.04 Å². The Kier molecular flexibility index (Phi) is 7.14. The number of unbranched alkanes of at least 4 members (excludes halogenated alkanes) is 3. The van der Waals surface area contributed by atoms with E-state index in [-0.39, 0.29) is 0 Å². The molecule has 0 saturated carbocycles. The molecular formula is C16H31N3. The maximum absolute atomic E-state index is 4.84. The van der Waals surface area contributed by atoms with Gasteiger partial charge in [0.1, 0.15) is 0 Å². The first kappa shape index (κ1) is 16.2. The normalized spacial score (nSPS) is 12.9. The van der Waals surface area contributed by atoms with Crippen LogP contribution in [0.1, 0.15) is 76.4 Å². The first-order valence-electron chi connectivity index (χ1n) is 7.95. The lowest BCUT2D eigenvalue weighted by Crippen LogP contribution is -2.15. The van der Waals surface area contributed by atoms with Crippen LogP contribution in [0.5, 0.6) is 0 Å². The number of hydrogen-bond donors (Lipinski definition) is 1. The summed E-state index contributed by atoms with van der Waals surface area (Å²) in [6.07, 6.45) is 7.29. The Labute approximate surface area is 118 Å². The fraction of sp³-hybridized carbons (Fsp3) is 0.812. The van der Waals surface area contributed by atoms with Gasteiger partial charge in [-0.2, -0.15) is 5.10 Å². The lowest BCUT2D eigenvalue weighted by atomic mass is 10.0. The molecular weight excluding hydrogens is 234 g/mol. The van der Waals surface area contributed by atoms with Crippen LogP contribution in [-0.2, 0) is 19.4 Å². The van der Waals surface area contributed by atoms with E-state index >= 15 is 0 Å². The minimum atomic E-state index is 0.397. The van der Waals surface area contributed by atoms with Gasteiger partial charge in [0.25, 0.3) is 0 Å². The van der Waals surface area contributed by atoms with Gasteiger partial charge in [-0.05, 0) is 33.2 Å². The molecule has 0 aliphatic carbocycles. The molecule has 19 heavy (non-hydrogen) atoms. The maximum Gasteiger partial charge on any atom is 0.0672 e. The highest BCUT2D eigenvalue weighted by atomic mass is 15.3. The van der Waals surface area contributed by atoms with E-state index < -0.39 is 0 Å². The Hall–Kier alpha value is -0.830. The predicted molar refractivity (Wildman–Crippen MR) is 82.6 cm³/mol. The summed E-state index contributed by atoms with van der Waals surface area (Å²) in [5.41, 5.74) is 4.13. The van der Waals surface area contributed by atoms with Crippen LogP contribution in [0.2, 0.25) is 0 Å². The number of aromatic nitrogens is 2. The molecule has 0 aromatic carbocycles. The van der Waals surface area contributed by atoms with Crippen LogP contribution in [0.15, 0.2) is 0 Å². The van der Waals surface area contributed by atoms with Gasteiger partial charge in [-0.3, -0.25) is 4.68 Å². The van der Waals surface area contributed by atoms with E-state index in [4.69, 9.17) is 5.10 Å². The molecule has 0 saturated heterocycles. The molecule has 0 spiro atoms. The van der Waals surface area contributed by atoms with Crippen LogP contribution in [0, 0.1) is 0 Å². The highest BCUT2D eigenvalue weighted by Gasteiger charge is 2.19. The number of nitrogens with one attached hydrogen (secondary N) is 1. The molecule has 0 fully saturated rings. The molecule has 0 aliphatic heterocycles. The summed E-state index contributed by atoms with van der Waals surface area (Å²) in [5, 5.41) is 8.21. The zero-order valence-corrected chi connectivity index (χ0v) is 13.4. The van der Waals surface area contributed by atoms with E-state index in [2.05, 4.69) is 37.7 Å². The van der Waals surface area contributed by atoms with Gasteiger partial charge in [0.15, 0.2) is 0 Å². The van der Waals surface area contributed by atoms with Gasteiger partial charge in [-0.1, -0.05) is 40.0 Å². The van der Waals surface area contributed by atoms with Gasteiger partial charge in [0, 0.05) is 23.8 Å². The Morgan fingerprint density at radius 2 is 1.84 bits per heavy atom. The second-order valence-corrected chi connectivity index (χ2v) is 5.31. The highest BCUT2D eigenvalue weighted by Crippen LogP contribution is 2.23. The van der Waals surface area contributed by atoms with Gasteiger partial charge in [-0.25, -0.2) is 0 Å². The second-order valence-electron chi connectivity index (χ2n) is 5.31. The summed E-state index contributed by atoms with van der Waals surface area (Å²) in [4.78, 5) is 0. The van der Waals surface area contributed by atoms with Crippen molar-refractivity contribution in [2.24, 2.45) is 0 Å². The molecule has 0 radical (unpaired) electrons. The third kappa shape index (κ3) is 4.07. The van der Waals surface area contributed by atoms with Crippen LogP contribution in [0.25, 0.3) is 0 Å². The molecule has 1 heterocycles. The zero-order valence-electron chi connectivity index (χ0n) is 13.4. The summed E-state index contributed by atoms with van der Waals surface area (Å²) in [6.45, 7) is 10.0. The molecule has 1 aromatic heterocycles. The highest BCUT2D eigenvalue weighted by molar-refractivity contribution is 5.30. The zero-order chi connectivity index (χ0) is 14.3. The average Bonchev–Trinajstić information content (AvgIpc) is 2.80. The third-order valence-electron chi connectivity index (χ3n) is 3.93. The smallest absolute Gasteiger partial charge is 0.0672 e. The van der Waals surface area contributed by atoms with E-state index in [1.54, 1.807) is 0 Å². The van der Waals surface area contributed by atoms with Crippen LogP contribution in [0.4, 0.5) is 0 Å². The summed E-state index contributed by atoms with van der Waals surface area (Å²) in [7, 11) is 2.03. The summed E-state index contributed by atoms with van der Waals surface area (Å²) in [5.74, 6) is 0. The molecule has 1 N–H and O–H groups in total. The summed E-state index contributed by atoms with van der Waals surface area (Å²) < 4.78 is 2.26. The summed E-state index contributed by atoms with van der Waals surface area (Å²) in [6, 6.07) is 0.397. The standard InChI is InChI=1S/C16H31N3/c1-6-9-10-11-12-19-15(8-3)16(13(4)17-5)14(7-2)18-19/h13,17H,6-12H2,1-5H3. The molecule has 3 nitrogen and oxygen atoms in total. The second kappa shape index (κ2) is 8.36. The van der Waals surface area contributed by atoms with Crippen molar-refractivity contribution in [3.05, 3.63) is 17.0 Å². The van der Waals surface area contributed by atoms with Crippen molar-refractivity contribution in [1.82, 2.24) is 15.1 Å². The van der Waals surface area contributed by atoms with E-state index in [9.17, 15) is 0 Å². The van der Waals surface area contributed by atoms with Crippen molar-refractivity contribution in [1.29, 1.82) is 0 Å². The Morgan fingerprint density at radius 3 is 2.37 bits per heavy atom. The van der Waals surface area contributed by atoms with E-state index in [1.165, 1.54) is 42.6 Å². The quantitative estimate of drug-likeness (QED) is 0.687. The van der Waals surface area contributed by atoms with Crippen molar-refractivity contribution < 1.29 is 0 Å². The molecule has 0 aliphatic rings. The van der Waals surface area contributed by atoms with Crippen molar-refractivity contribution in [3.8, 4) is 0 Å². The van der Waals surface area contributed by atoms with E-state index in [1.807, 2.05) is 7.05 Å². The van der Waals surface area contributed by atoms with Crippen molar-refractivity contribution in [2.45, 2.75) is 78.8 Å². The average molecular weight is 265 g/mol. The lowest BCUT2D eigenvalue weighted by molar-refractivity contribution is 0.520. The van der Waals surface area contributed by atoms with Gasteiger partial charge >= 0.3 is 0 Å². The van der Waals surface area contributed by atoms with Gasteiger partial charge in [0.05, 0.1) is 5.69 Å². The Bertz CT molecular complexity index is 368. The number of aryl methyl sites for hydroxylation is 2. The Morgan fingerprint density at radius 1 is 1.11 bits per heavy atom. The first-order chi connectivity index (χ1) is 9.19. The fourth-order valence-electron chi connectivity index (χ4n) is 2.72. The molecule has 110 valence electrons.